The van der Waals surface area contributed by atoms with Crippen LogP contribution < -0.4 is 10.5 Å². The van der Waals surface area contributed by atoms with Crippen LogP contribution in [0.5, 0.6) is 5.75 Å². The molecule has 1 atom stereocenters. The second-order valence-corrected chi connectivity index (χ2v) is 6.56. The van der Waals surface area contributed by atoms with Gasteiger partial charge >= 0.3 is 0 Å². The number of halogens is 1. The van der Waals surface area contributed by atoms with Crippen LogP contribution >= 0.6 is 11.6 Å². The zero-order valence-electron chi connectivity index (χ0n) is 12.6. The Kier molecular flexibility index (Phi) is 5.74. The first-order chi connectivity index (χ1) is 9.58. The molecule has 1 aromatic carbocycles. The molecule has 1 fully saturated rings. The lowest BCUT2D eigenvalue weighted by molar-refractivity contribution is 0.134. The van der Waals surface area contributed by atoms with E-state index in [0.29, 0.717) is 6.10 Å². The van der Waals surface area contributed by atoms with Gasteiger partial charge < -0.3 is 10.5 Å². The second kappa shape index (κ2) is 7.33. The van der Waals surface area contributed by atoms with Crippen LogP contribution in [0, 0.1) is 5.92 Å². The normalized spacial score (nSPS) is 24.4. The minimum atomic E-state index is 0.169. The van der Waals surface area contributed by atoms with E-state index in [1.807, 2.05) is 18.2 Å². The number of benzene rings is 1. The fourth-order valence-corrected chi connectivity index (χ4v) is 2.97. The molecule has 0 spiro atoms. The summed E-state index contributed by atoms with van der Waals surface area (Å²) < 4.78 is 6.22. The van der Waals surface area contributed by atoms with E-state index in [9.17, 15) is 0 Å². The summed E-state index contributed by atoms with van der Waals surface area (Å²) in [6, 6.07) is 6.07. The summed E-state index contributed by atoms with van der Waals surface area (Å²) in [4.78, 5) is 0. The Hall–Kier alpha value is -0.730. The lowest BCUT2D eigenvalue weighted by atomic mass is 9.89. The Labute approximate surface area is 127 Å². The van der Waals surface area contributed by atoms with Crippen LogP contribution in [0.2, 0.25) is 5.02 Å². The maximum absolute atomic E-state index is 6.22. The van der Waals surface area contributed by atoms with Crippen molar-refractivity contribution in [3.8, 4) is 5.75 Å². The molecule has 112 valence electrons. The van der Waals surface area contributed by atoms with Crippen molar-refractivity contribution in [3.05, 3.63) is 28.8 Å². The SMILES string of the molecule is CCC(N)Cc1cc(Cl)ccc1OC1CCC(C)CC1. The van der Waals surface area contributed by atoms with Gasteiger partial charge in [-0.2, -0.15) is 0 Å². The van der Waals surface area contributed by atoms with Gasteiger partial charge in [0.2, 0.25) is 0 Å². The molecule has 0 aromatic heterocycles. The number of hydrogen-bond donors (Lipinski definition) is 1. The Morgan fingerprint density at radius 1 is 1.30 bits per heavy atom. The van der Waals surface area contributed by atoms with Gasteiger partial charge in [0.05, 0.1) is 6.10 Å². The fourth-order valence-electron chi connectivity index (χ4n) is 2.78. The monoisotopic (exact) mass is 295 g/mol. The third kappa shape index (κ3) is 4.39. The van der Waals surface area contributed by atoms with Gasteiger partial charge in [-0.05, 0) is 68.2 Å². The molecule has 1 aromatic rings. The van der Waals surface area contributed by atoms with Crippen LogP contribution in [0.3, 0.4) is 0 Å². The molecule has 1 aliphatic rings. The van der Waals surface area contributed by atoms with Crippen molar-refractivity contribution in [2.24, 2.45) is 11.7 Å². The summed E-state index contributed by atoms with van der Waals surface area (Å²) in [6.45, 7) is 4.43. The van der Waals surface area contributed by atoms with Crippen molar-refractivity contribution in [2.45, 2.75) is 64.5 Å². The lowest BCUT2D eigenvalue weighted by Crippen LogP contribution is -2.25. The molecule has 0 saturated heterocycles. The van der Waals surface area contributed by atoms with Crippen LogP contribution in [0.25, 0.3) is 0 Å². The molecule has 1 saturated carbocycles. The Bertz CT molecular complexity index is 427. The van der Waals surface area contributed by atoms with E-state index in [1.54, 1.807) is 0 Å². The summed E-state index contributed by atoms with van der Waals surface area (Å²) in [5.74, 6) is 1.81. The van der Waals surface area contributed by atoms with Crippen molar-refractivity contribution < 1.29 is 4.74 Å². The summed E-state index contributed by atoms with van der Waals surface area (Å²) in [5, 5.41) is 0.757. The fraction of sp³-hybridized carbons (Fsp3) is 0.647. The highest BCUT2D eigenvalue weighted by Gasteiger charge is 2.20. The predicted molar refractivity (Wildman–Crippen MR) is 85.5 cm³/mol. The number of hydrogen-bond acceptors (Lipinski definition) is 2. The van der Waals surface area contributed by atoms with E-state index < -0.39 is 0 Å². The quantitative estimate of drug-likeness (QED) is 0.863. The Morgan fingerprint density at radius 3 is 2.65 bits per heavy atom. The molecule has 1 aliphatic carbocycles. The average Bonchev–Trinajstić information content (AvgIpc) is 2.44. The first kappa shape index (κ1) is 15.7. The smallest absolute Gasteiger partial charge is 0.123 e. The van der Waals surface area contributed by atoms with Crippen LogP contribution in [-0.2, 0) is 6.42 Å². The third-order valence-corrected chi connectivity index (χ3v) is 4.52. The minimum absolute atomic E-state index is 0.169. The van der Waals surface area contributed by atoms with E-state index in [1.165, 1.54) is 12.8 Å². The van der Waals surface area contributed by atoms with Gasteiger partial charge in [-0.15, -0.1) is 0 Å². The molecule has 0 heterocycles. The number of rotatable bonds is 5. The van der Waals surface area contributed by atoms with E-state index in [0.717, 1.165) is 47.9 Å². The summed E-state index contributed by atoms with van der Waals surface area (Å²) in [5.41, 5.74) is 7.22. The number of ether oxygens (including phenoxy) is 1. The maximum Gasteiger partial charge on any atom is 0.123 e. The summed E-state index contributed by atoms with van der Waals surface area (Å²) in [7, 11) is 0. The average molecular weight is 296 g/mol. The van der Waals surface area contributed by atoms with Gasteiger partial charge in [-0.1, -0.05) is 25.4 Å². The Balaban J connectivity index is 2.06. The van der Waals surface area contributed by atoms with Crippen LogP contribution in [0.1, 0.15) is 51.5 Å². The first-order valence-corrected chi connectivity index (χ1v) is 8.17. The molecule has 1 unspecified atom stereocenters. The van der Waals surface area contributed by atoms with E-state index >= 15 is 0 Å². The molecule has 3 heteroatoms. The maximum atomic E-state index is 6.22. The summed E-state index contributed by atoms with van der Waals surface area (Å²) >= 11 is 6.11. The minimum Gasteiger partial charge on any atom is -0.490 e. The highest BCUT2D eigenvalue weighted by molar-refractivity contribution is 6.30. The van der Waals surface area contributed by atoms with Crippen molar-refractivity contribution in [1.29, 1.82) is 0 Å². The van der Waals surface area contributed by atoms with Crippen molar-refractivity contribution in [3.63, 3.8) is 0 Å². The molecule has 0 bridgehead atoms. The lowest BCUT2D eigenvalue weighted by Gasteiger charge is -2.28. The second-order valence-electron chi connectivity index (χ2n) is 6.12. The van der Waals surface area contributed by atoms with Crippen molar-refractivity contribution in [2.75, 3.05) is 0 Å². The van der Waals surface area contributed by atoms with Gasteiger partial charge in [0.1, 0.15) is 5.75 Å². The van der Waals surface area contributed by atoms with Gasteiger partial charge in [-0.25, -0.2) is 0 Å². The van der Waals surface area contributed by atoms with E-state index in [4.69, 9.17) is 22.1 Å². The van der Waals surface area contributed by atoms with Crippen LogP contribution in [-0.4, -0.2) is 12.1 Å². The molecule has 2 N–H and O–H groups in total. The molecule has 0 aliphatic heterocycles. The molecule has 0 amide bonds. The topological polar surface area (TPSA) is 35.2 Å². The third-order valence-electron chi connectivity index (χ3n) is 4.29. The zero-order chi connectivity index (χ0) is 14.5. The predicted octanol–water partition coefficient (Wildman–Crippen LogP) is 4.58. The van der Waals surface area contributed by atoms with Gasteiger partial charge in [-0.3, -0.25) is 0 Å². The first-order valence-electron chi connectivity index (χ1n) is 7.79. The largest absolute Gasteiger partial charge is 0.490 e. The molecule has 0 radical (unpaired) electrons. The van der Waals surface area contributed by atoms with Gasteiger partial charge in [0.15, 0.2) is 0 Å². The van der Waals surface area contributed by atoms with Crippen LogP contribution in [0.4, 0.5) is 0 Å². The Morgan fingerprint density at radius 2 is 2.00 bits per heavy atom. The molecule has 2 nitrogen and oxygen atoms in total. The van der Waals surface area contributed by atoms with Gasteiger partial charge in [0.25, 0.3) is 0 Å². The summed E-state index contributed by atoms with van der Waals surface area (Å²) in [6.07, 6.45) is 6.99. The molecular weight excluding hydrogens is 270 g/mol. The van der Waals surface area contributed by atoms with Gasteiger partial charge in [0, 0.05) is 11.1 Å². The standard InChI is InChI=1S/C17H26ClNO/c1-3-15(19)11-13-10-14(18)6-9-17(13)20-16-7-4-12(2)5-8-16/h6,9-10,12,15-16H,3-5,7-8,11,19H2,1-2H3. The van der Waals surface area contributed by atoms with Crippen molar-refractivity contribution in [1.82, 2.24) is 0 Å². The van der Waals surface area contributed by atoms with Crippen molar-refractivity contribution >= 4 is 11.6 Å². The highest BCUT2D eigenvalue weighted by atomic mass is 35.5. The molecule has 20 heavy (non-hydrogen) atoms. The zero-order valence-corrected chi connectivity index (χ0v) is 13.3. The highest BCUT2D eigenvalue weighted by Crippen LogP contribution is 2.30. The van der Waals surface area contributed by atoms with E-state index in [2.05, 4.69) is 13.8 Å². The van der Waals surface area contributed by atoms with Crippen LogP contribution in [0.15, 0.2) is 18.2 Å². The number of nitrogens with two attached hydrogens (primary N) is 1. The molecule has 2 rings (SSSR count). The van der Waals surface area contributed by atoms with E-state index in [-0.39, 0.29) is 6.04 Å². The molecular formula is C17H26ClNO.